The lowest BCUT2D eigenvalue weighted by Gasteiger charge is -2.14. The number of rotatable bonds is 8. The fourth-order valence-corrected chi connectivity index (χ4v) is 2.96. The average molecular weight is 314 g/mol. The predicted octanol–water partition coefficient (Wildman–Crippen LogP) is 1.22. The molecule has 1 aliphatic rings. The summed E-state index contributed by atoms with van der Waals surface area (Å²) in [6, 6.07) is 5.42. The van der Waals surface area contributed by atoms with Crippen molar-refractivity contribution in [3.63, 3.8) is 0 Å². The van der Waals surface area contributed by atoms with Crippen LogP contribution in [0.2, 0.25) is 0 Å². The molecular formula is C14H22N2O4S. The summed E-state index contributed by atoms with van der Waals surface area (Å²) in [6.07, 6.45) is 0.984. The maximum absolute atomic E-state index is 12.1. The minimum absolute atomic E-state index is 0.213. The molecule has 1 unspecified atom stereocenters. The summed E-state index contributed by atoms with van der Waals surface area (Å²) in [5, 5.41) is 2.64. The second kappa shape index (κ2) is 7.11. The molecule has 21 heavy (non-hydrogen) atoms. The Morgan fingerprint density at radius 1 is 1.29 bits per heavy atom. The van der Waals surface area contributed by atoms with Crippen LogP contribution in [0.25, 0.3) is 0 Å². The highest BCUT2D eigenvalue weighted by Gasteiger charge is 2.20. The van der Waals surface area contributed by atoms with Crippen LogP contribution in [-0.4, -0.2) is 33.6 Å². The molecule has 7 heteroatoms. The summed E-state index contributed by atoms with van der Waals surface area (Å²) >= 11 is 0. The molecule has 0 saturated heterocycles. The second-order valence-electron chi connectivity index (χ2n) is 5.07. The highest BCUT2D eigenvalue weighted by Crippen LogP contribution is 2.32. The molecule has 1 heterocycles. The van der Waals surface area contributed by atoms with E-state index in [0.717, 1.165) is 18.5 Å². The zero-order chi connectivity index (χ0) is 15.3. The van der Waals surface area contributed by atoms with Crippen LogP contribution in [0, 0.1) is 0 Å². The van der Waals surface area contributed by atoms with Crippen LogP contribution in [0.1, 0.15) is 25.8 Å². The fourth-order valence-electron chi connectivity index (χ4n) is 1.97. The number of nitrogens with one attached hydrogen (secondary N) is 2. The third-order valence-electron chi connectivity index (χ3n) is 3.30. The van der Waals surface area contributed by atoms with Crippen molar-refractivity contribution in [2.75, 3.05) is 19.9 Å². The van der Waals surface area contributed by atoms with Crippen LogP contribution < -0.4 is 19.5 Å². The third kappa shape index (κ3) is 4.33. The lowest BCUT2D eigenvalue weighted by Crippen LogP contribution is -2.38. The van der Waals surface area contributed by atoms with E-state index in [0.29, 0.717) is 18.0 Å². The highest BCUT2D eigenvalue weighted by molar-refractivity contribution is 7.90. The summed E-state index contributed by atoms with van der Waals surface area (Å²) in [5.74, 6) is 1.35. The van der Waals surface area contributed by atoms with Gasteiger partial charge in [-0.1, -0.05) is 13.0 Å². The molecule has 0 radical (unpaired) electrons. The van der Waals surface area contributed by atoms with E-state index in [1.54, 1.807) is 19.1 Å². The summed E-state index contributed by atoms with van der Waals surface area (Å²) < 4.78 is 37.4. The molecule has 2 N–H and O–H groups in total. The Labute approximate surface area is 125 Å². The maximum Gasteiger partial charge on any atom is 0.231 e. The van der Waals surface area contributed by atoms with E-state index < -0.39 is 15.3 Å². The molecule has 0 amide bonds. The van der Waals surface area contributed by atoms with Crippen molar-refractivity contribution in [2.24, 2.45) is 0 Å². The lowest BCUT2D eigenvalue weighted by molar-refractivity contribution is 0.174. The van der Waals surface area contributed by atoms with E-state index in [4.69, 9.17) is 9.47 Å². The molecule has 118 valence electrons. The number of hydrogen-bond donors (Lipinski definition) is 2. The molecule has 1 aromatic rings. The van der Waals surface area contributed by atoms with Gasteiger partial charge >= 0.3 is 0 Å². The van der Waals surface area contributed by atoms with Gasteiger partial charge < -0.3 is 14.8 Å². The molecular weight excluding hydrogens is 292 g/mol. The van der Waals surface area contributed by atoms with Crippen molar-refractivity contribution in [1.29, 1.82) is 0 Å². The van der Waals surface area contributed by atoms with Gasteiger partial charge in [-0.2, -0.15) is 0 Å². The maximum atomic E-state index is 12.1. The van der Waals surface area contributed by atoms with E-state index in [1.807, 2.05) is 13.0 Å². The quantitative estimate of drug-likeness (QED) is 0.706. The average Bonchev–Trinajstić information content (AvgIpc) is 2.92. The molecule has 1 aliphatic heterocycles. The minimum atomic E-state index is -3.34. The van der Waals surface area contributed by atoms with Crippen molar-refractivity contribution in [1.82, 2.24) is 10.0 Å². The Hall–Kier alpha value is -1.31. The molecule has 0 aliphatic carbocycles. The molecule has 0 aromatic heterocycles. The molecule has 0 fully saturated rings. The van der Waals surface area contributed by atoms with Gasteiger partial charge in [-0.15, -0.1) is 0 Å². The zero-order valence-electron chi connectivity index (χ0n) is 12.4. The van der Waals surface area contributed by atoms with Gasteiger partial charge in [0.05, 0.1) is 5.25 Å². The van der Waals surface area contributed by atoms with Crippen molar-refractivity contribution >= 4 is 10.0 Å². The van der Waals surface area contributed by atoms with Crippen molar-refractivity contribution in [2.45, 2.75) is 32.1 Å². The number of benzene rings is 1. The van der Waals surface area contributed by atoms with Crippen LogP contribution >= 0.6 is 0 Å². The molecule has 1 aromatic carbocycles. The summed E-state index contributed by atoms with van der Waals surface area (Å²) in [7, 11) is -3.34. The monoisotopic (exact) mass is 314 g/mol. The Morgan fingerprint density at radius 3 is 2.81 bits per heavy atom. The number of fused-ring (bicyclic) bond motifs is 1. The SMILES string of the molecule is CCCNCC(C)S(=O)(=O)NCc1ccc2c(c1)OCO2. The van der Waals surface area contributed by atoms with Gasteiger partial charge in [0.25, 0.3) is 0 Å². The van der Waals surface area contributed by atoms with E-state index in [9.17, 15) is 8.42 Å². The van der Waals surface area contributed by atoms with Gasteiger partial charge in [0.15, 0.2) is 11.5 Å². The summed E-state index contributed by atoms with van der Waals surface area (Å²) in [6.45, 7) is 5.47. The van der Waals surface area contributed by atoms with Gasteiger partial charge in [-0.3, -0.25) is 0 Å². The molecule has 0 spiro atoms. The van der Waals surface area contributed by atoms with E-state index in [2.05, 4.69) is 10.0 Å². The number of sulfonamides is 1. The summed E-state index contributed by atoms with van der Waals surface area (Å²) in [5.41, 5.74) is 0.844. The fraction of sp³-hybridized carbons (Fsp3) is 0.571. The first kappa shape index (κ1) is 16.1. The van der Waals surface area contributed by atoms with Gasteiger partial charge in [0.1, 0.15) is 0 Å². The van der Waals surface area contributed by atoms with Gasteiger partial charge in [-0.05, 0) is 37.6 Å². The van der Waals surface area contributed by atoms with Crippen molar-refractivity contribution in [3.8, 4) is 11.5 Å². The van der Waals surface area contributed by atoms with Gasteiger partial charge in [-0.25, -0.2) is 13.1 Å². The van der Waals surface area contributed by atoms with Crippen molar-refractivity contribution < 1.29 is 17.9 Å². The van der Waals surface area contributed by atoms with Crippen LogP contribution in [0.15, 0.2) is 18.2 Å². The van der Waals surface area contributed by atoms with E-state index in [-0.39, 0.29) is 13.3 Å². The number of hydrogen-bond acceptors (Lipinski definition) is 5. The smallest absolute Gasteiger partial charge is 0.231 e. The lowest BCUT2D eigenvalue weighted by atomic mass is 10.2. The van der Waals surface area contributed by atoms with Crippen LogP contribution in [0.3, 0.4) is 0 Å². The highest BCUT2D eigenvalue weighted by atomic mass is 32.2. The molecule has 2 rings (SSSR count). The zero-order valence-corrected chi connectivity index (χ0v) is 13.2. The molecule has 1 atom stereocenters. The third-order valence-corrected chi connectivity index (χ3v) is 5.08. The Balaban J connectivity index is 1.89. The normalized spacial score (nSPS) is 15.1. The first-order chi connectivity index (χ1) is 10.0. The standard InChI is InChI=1S/C14H22N2O4S/c1-3-6-15-8-11(2)21(17,18)16-9-12-4-5-13-14(7-12)20-10-19-13/h4-5,7,11,15-16H,3,6,8-10H2,1-2H3. The second-order valence-corrected chi connectivity index (χ2v) is 7.25. The first-order valence-electron chi connectivity index (χ1n) is 7.10. The molecule has 6 nitrogen and oxygen atoms in total. The Morgan fingerprint density at radius 2 is 2.05 bits per heavy atom. The summed E-state index contributed by atoms with van der Waals surface area (Å²) in [4.78, 5) is 0. The largest absolute Gasteiger partial charge is 0.454 e. The van der Waals surface area contributed by atoms with E-state index in [1.165, 1.54) is 0 Å². The van der Waals surface area contributed by atoms with E-state index >= 15 is 0 Å². The topological polar surface area (TPSA) is 76.7 Å². The molecule has 0 saturated carbocycles. The minimum Gasteiger partial charge on any atom is -0.454 e. The predicted molar refractivity (Wildman–Crippen MR) is 80.9 cm³/mol. The Kier molecular flexibility index (Phi) is 5.44. The van der Waals surface area contributed by atoms with Gasteiger partial charge in [0, 0.05) is 13.1 Å². The Bertz CT molecular complexity index is 574. The van der Waals surface area contributed by atoms with Crippen LogP contribution in [0.4, 0.5) is 0 Å². The van der Waals surface area contributed by atoms with Crippen LogP contribution in [0.5, 0.6) is 11.5 Å². The van der Waals surface area contributed by atoms with Crippen molar-refractivity contribution in [3.05, 3.63) is 23.8 Å². The van der Waals surface area contributed by atoms with Gasteiger partial charge in [0.2, 0.25) is 16.8 Å². The van der Waals surface area contributed by atoms with Crippen LogP contribution in [-0.2, 0) is 16.6 Å². The first-order valence-corrected chi connectivity index (χ1v) is 8.65. The molecule has 0 bridgehead atoms. The number of ether oxygens (including phenoxy) is 2.